The lowest BCUT2D eigenvalue weighted by Gasteiger charge is -2.09. The minimum Gasteiger partial charge on any atom is -0.487 e. The summed E-state index contributed by atoms with van der Waals surface area (Å²) in [5, 5.41) is 4.23. The number of hydrogen-bond acceptors (Lipinski definition) is 2. The summed E-state index contributed by atoms with van der Waals surface area (Å²) in [5.74, 6) is 0.288. The van der Waals surface area contributed by atoms with Crippen LogP contribution in [0.1, 0.15) is 17.0 Å². The summed E-state index contributed by atoms with van der Waals surface area (Å²) in [6, 6.07) is 6.49. The van der Waals surface area contributed by atoms with E-state index >= 15 is 0 Å². The third-order valence-electron chi connectivity index (χ3n) is 2.62. The molecule has 1 heterocycles. The second-order valence-electron chi connectivity index (χ2n) is 4.10. The number of halogens is 1. The second kappa shape index (κ2) is 4.57. The highest BCUT2D eigenvalue weighted by Crippen LogP contribution is 2.20. The van der Waals surface area contributed by atoms with Crippen molar-refractivity contribution >= 4 is 0 Å². The van der Waals surface area contributed by atoms with E-state index in [1.807, 2.05) is 27.0 Å². The normalized spacial score (nSPS) is 10.6. The molecule has 0 fully saturated rings. The van der Waals surface area contributed by atoms with Crippen molar-refractivity contribution in [1.82, 2.24) is 9.78 Å². The summed E-state index contributed by atoms with van der Waals surface area (Å²) in [6.07, 6.45) is 0. The molecular weight excluding hydrogens is 219 g/mol. The van der Waals surface area contributed by atoms with Crippen molar-refractivity contribution < 1.29 is 9.13 Å². The fourth-order valence-electron chi connectivity index (χ4n) is 1.68. The van der Waals surface area contributed by atoms with Crippen LogP contribution in [0.15, 0.2) is 24.3 Å². The van der Waals surface area contributed by atoms with E-state index in [-0.39, 0.29) is 5.82 Å². The molecule has 0 unspecified atom stereocenters. The van der Waals surface area contributed by atoms with Crippen LogP contribution in [0.2, 0.25) is 0 Å². The van der Waals surface area contributed by atoms with Gasteiger partial charge in [-0.2, -0.15) is 5.10 Å². The highest BCUT2D eigenvalue weighted by atomic mass is 19.1. The summed E-state index contributed by atoms with van der Waals surface area (Å²) in [7, 11) is 1.87. The van der Waals surface area contributed by atoms with Crippen LogP contribution in [0.25, 0.3) is 0 Å². The minimum atomic E-state index is -0.285. The molecule has 2 rings (SSSR count). The standard InChI is InChI=1S/C13H15FN2O/c1-9-4-5-11(14)7-13(9)17-8-12-6-10(2)15-16(12)3/h4-7H,8H2,1-3H3. The van der Waals surface area contributed by atoms with Gasteiger partial charge in [0.2, 0.25) is 0 Å². The van der Waals surface area contributed by atoms with E-state index in [0.29, 0.717) is 12.4 Å². The van der Waals surface area contributed by atoms with Crippen molar-refractivity contribution in [3.05, 3.63) is 47.0 Å². The van der Waals surface area contributed by atoms with Crippen molar-refractivity contribution in [3.8, 4) is 5.75 Å². The summed E-state index contributed by atoms with van der Waals surface area (Å²) in [6.45, 7) is 4.21. The molecule has 0 radical (unpaired) electrons. The zero-order valence-electron chi connectivity index (χ0n) is 10.2. The lowest BCUT2D eigenvalue weighted by molar-refractivity contribution is 0.291. The fraction of sp³-hybridized carbons (Fsp3) is 0.308. The van der Waals surface area contributed by atoms with Gasteiger partial charge >= 0.3 is 0 Å². The molecule has 0 atom stereocenters. The Kier molecular flexibility index (Phi) is 3.13. The van der Waals surface area contributed by atoms with Crippen LogP contribution in [0.5, 0.6) is 5.75 Å². The highest BCUT2D eigenvalue weighted by molar-refractivity contribution is 5.32. The van der Waals surface area contributed by atoms with Gasteiger partial charge in [0.25, 0.3) is 0 Å². The first-order chi connectivity index (χ1) is 8.06. The molecule has 0 aliphatic carbocycles. The van der Waals surface area contributed by atoms with Crippen molar-refractivity contribution in [2.24, 2.45) is 7.05 Å². The molecule has 90 valence electrons. The number of aryl methyl sites for hydroxylation is 3. The second-order valence-corrected chi connectivity index (χ2v) is 4.10. The largest absolute Gasteiger partial charge is 0.487 e. The van der Waals surface area contributed by atoms with Crippen LogP contribution >= 0.6 is 0 Å². The number of aromatic nitrogens is 2. The quantitative estimate of drug-likeness (QED) is 0.816. The average Bonchev–Trinajstić information content (AvgIpc) is 2.59. The average molecular weight is 234 g/mol. The number of benzene rings is 1. The van der Waals surface area contributed by atoms with Crippen LogP contribution in [-0.4, -0.2) is 9.78 Å². The van der Waals surface area contributed by atoms with E-state index in [2.05, 4.69) is 5.10 Å². The van der Waals surface area contributed by atoms with Gasteiger partial charge in [0.1, 0.15) is 18.2 Å². The van der Waals surface area contributed by atoms with E-state index < -0.39 is 0 Å². The maximum absolute atomic E-state index is 13.1. The van der Waals surface area contributed by atoms with Gasteiger partial charge in [0.05, 0.1) is 11.4 Å². The van der Waals surface area contributed by atoms with E-state index in [4.69, 9.17) is 4.74 Å². The topological polar surface area (TPSA) is 27.1 Å². The molecular formula is C13H15FN2O. The number of hydrogen-bond donors (Lipinski definition) is 0. The molecule has 0 N–H and O–H groups in total. The molecule has 1 aromatic heterocycles. The molecule has 4 heteroatoms. The first-order valence-corrected chi connectivity index (χ1v) is 5.45. The lowest BCUT2D eigenvalue weighted by Crippen LogP contribution is -2.03. The Bertz CT molecular complexity index is 534. The van der Waals surface area contributed by atoms with E-state index in [0.717, 1.165) is 17.0 Å². The Morgan fingerprint density at radius 3 is 2.71 bits per heavy atom. The van der Waals surface area contributed by atoms with Gasteiger partial charge in [-0.1, -0.05) is 6.07 Å². The van der Waals surface area contributed by atoms with Crippen molar-refractivity contribution in [1.29, 1.82) is 0 Å². The first kappa shape index (κ1) is 11.6. The Morgan fingerprint density at radius 1 is 1.29 bits per heavy atom. The summed E-state index contributed by atoms with van der Waals surface area (Å²) in [5.41, 5.74) is 2.83. The van der Waals surface area contributed by atoms with E-state index in [1.165, 1.54) is 12.1 Å². The SMILES string of the molecule is Cc1cc(COc2cc(F)ccc2C)n(C)n1. The van der Waals surface area contributed by atoms with Crippen LogP contribution in [-0.2, 0) is 13.7 Å². The molecule has 2 aromatic rings. The molecule has 0 saturated heterocycles. The first-order valence-electron chi connectivity index (χ1n) is 5.45. The van der Waals surface area contributed by atoms with Crippen molar-refractivity contribution in [2.75, 3.05) is 0 Å². The smallest absolute Gasteiger partial charge is 0.130 e. The Hall–Kier alpha value is -1.84. The Balaban J connectivity index is 2.12. The maximum Gasteiger partial charge on any atom is 0.130 e. The molecule has 0 amide bonds. The van der Waals surface area contributed by atoms with Crippen molar-refractivity contribution in [2.45, 2.75) is 20.5 Å². The van der Waals surface area contributed by atoms with Gasteiger partial charge in [0.15, 0.2) is 0 Å². The molecule has 3 nitrogen and oxygen atoms in total. The van der Waals surface area contributed by atoms with Gasteiger partial charge < -0.3 is 4.74 Å². The molecule has 0 aliphatic heterocycles. The Labute approximate surface area is 99.8 Å². The highest BCUT2D eigenvalue weighted by Gasteiger charge is 2.05. The zero-order valence-corrected chi connectivity index (χ0v) is 10.2. The Morgan fingerprint density at radius 2 is 2.06 bits per heavy atom. The molecule has 0 aliphatic rings. The van der Waals surface area contributed by atoms with E-state index in [9.17, 15) is 4.39 Å². The van der Waals surface area contributed by atoms with Crippen LogP contribution < -0.4 is 4.74 Å². The zero-order chi connectivity index (χ0) is 12.4. The predicted molar refractivity (Wildman–Crippen MR) is 63.4 cm³/mol. The van der Waals surface area contributed by atoms with E-state index in [1.54, 1.807) is 10.7 Å². The summed E-state index contributed by atoms with van der Waals surface area (Å²) >= 11 is 0. The number of ether oxygens (including phenoxy) is 1. The molecule has 0 saturated carbocycles. The number of nitrogens with zero attached hydrogens (tertiary/aromatic N) is 2. The van der Waals surface area contributed by atoms with Gasteiger partial charge in [0, 0.05) is 13.1 Å². The third kappa shape index (κ3) is 2.64. The molecule has 0 bridgehead atoms. The van der Waals surface area contributed by atoms with Crippen LogP contribution in [0.4, 0.5) is 4.39 Å². The summed E-state index contributed by atoms with van der Waals surface area (Å²) in [4.78, 5) is 0. The van der Waals surface area contributed by atoms with Gasteiger partial charge in [-0.15, -0.1) is 0 Å². The summed E-state index contributed by atoms with van der Waals surface area (Å²) < 4.78 is 20.4. The number of rotatable bonds is 3. The minimum absolute atomic E-state index is 0.285. The van der Waals surface area contributed by atoms with Crippen molar-refractivity contribution in [3.63, 3.8) is 0 Å². The van der Waals surface area contributed by atoms with Gasteiger partial charge in [-0.05, 0) is 31.5 Å². The predicted octanol–water partition coefficient (Wildman–Crippen LogP) is 2.76. The monoisotopic (exact) mass is 234 g/mol. The van der Waals surface area contributed by atoms with Crippen LogP contribution in [0.3, 0.4) is 0 Å². The fourth-order valence-corrected chi connectivity index (χ4v) is 1.68. The van der Waals surface area contributed by atoms with Gasteiger partial charge in [-0.25, -0.2) is 4.39 Å². The molecule has 0 spiro atoms. The molecule has 17 heavy (non-hydrogen) atoms. The maximum atomic E-state index is 13.1. The van der Waals surface area contributed by atoms with Crippen LogP contribution in [0, 0.1) is 19.7 Å². The third-order valence-corrected chi connectivity index (χ3v) is 2.62. The van der Waals surface area contributed by atoms with Gasteiger partial charge in [-0.3, -0.25) is 4.68 Å². The lowest BCUT2D eigenvalue weighted by atomic mass is 10.2. The molecule has 1 aromatic carbocycles.